The zero-order valence-corrected chi connectivity index (χ0v) is 15.0. The molecule has 1 saturated carbocycles. The van der Waals surface area contributed by atoms with Gasteiger partial charge < -0.3 is 5.32 Å². The number of amides is 1. The molecule has 2 atom stereocenters. The maximum absolute atomic E-state index is 12.4. The Morgan fingerprint density at radius 2 is 2.00 bits per heavy atom. The molecule has 1 aromatic heterocycles. The van der Waals surface area contributed by atoms with Crippen molar-refractivity contribution in [1.82, 2.24) is 19.8 Å². The lowest BCUT2D eigenvalue weighted by Gasteiger charge is -2.23. The molecule has 0 bridgehead atoms. The fourth-order valence-corrected chi connectivity index (χ4v) is 4.23. The summed E-state index contributed by atoms with van der Waals surface area (Å²) in [6, 6.07) is 2.03. The normalized spacial score (nSPS) is 24.9. The number of aromatic nitrogens is 2. The van der Waals surface area contributed by atoms with Crippen LogP contribution in [0.2, 0.25) is 0 Å². The van der Waals surface area contributed by atoms with Crippen LogP contribution in [0.3, 0.4) is 0 Å². The van der Waals surface area contributed by atoms with E-state index < -0.39 is 11.2 Å². The fraction of sp³-hybridized carbons (Fsp3) is 0.722. The lowest BCUT2D eigenvalue weighted by molar-refractivity contribution is -0.122. The summed E-state index contributed by atoms with van der Waals surface area (Å²) >= 11 is 0. The topological polar surface area (TPSA) is 87.2 Å². The lowest BCUT2D eigenvalue weighted by atomic mass is 9.91. The number of carbonyl (C=O) groups excluding carboxylic acids is 1. The van der Waals surface area contributed by atoms with E-state index in [4.69, 9.17) is 0 Å². The Morgan fingerprint density at radius 1 is 1.28 bits per heavy atom. The first kappa shape index (κ1) is 17.9. The minimum Gasteiger partial charge on any atom is -0.350 e. The summed E-state index contributed by atoms with van der Waals surface area (Å²) in [6.07, 6.45) is 6.50. The molecule has 2 fully saturated rings. The molecule has 7 heteroatoms. The average molecular weight is 348 g/mol. The van der Waals surface area contributed by atoms with Gasteiger partial charge >= 0.3 is 5.69 Å². The van der Waals surface area contributed by atoms with E-state index >= 15 is 0 Å². The van der Waals surface area contributed by atoms with Gasteiger partial charge in [-0.15, -0.1) is 0 Å². The van der Waals surface area contributed by atoms with E-state index in [1.807, 2.05) is 0 Å². The molecule has 138 valence electrons. The summed E-state index contributed by atoms with van der Waals surface area (Å²) in [5, 5.41) is 3.12. The molecule has 1 aromatic rings. The van der Waals surface area contributed by atoms with E-state index in [1.54, 1.807) is 0 Å². The molecular weight excluding hydrogens is 320 g/mol. The molecule has 1 aliphatic carbocycles. The van der Waals surface area contributed by atoms with E-state index in [9.17, 15) is 14.4 Å². The lowest BCUT2D eigenvalue weighted by Crippen LogP contribution is -2.45. The van der Waals surface area contributed by atoms with Gasteiger partial charge in [0.15, 0.2) is 0 Å². The Hall–Kier alpha value is -1.89. The predicted octanol–water partition coefficient (Wildman–Crippen LogP) is 0.552. The van der Waals surface area contributed by atoms with Crippen LogP contribution >= 0.6 is 0 Å². The van der Waals surface area contributed by atoms with Crippen molar-refractivity contribution < 1.29 is 4.79 Å². The highest BCUT2D eigenvalue weighted by atomic mass is 16.2. The van der Waals surface area contributed by atoms with Gasteiger partial charge in [0, 0.05) is 37.4 Å². The number of H-pyrrole nitrogens is 1. The Labute approximate surface area is 147 Å². The number of hydrogen-bond donors (Lipinski definition) is 2. The molecule has 0 unspecified atom stereocenters. The van der Waals surface area contributed by atoms with Crippen LogP contribution in [0.5, 0.6) is 0 Å². The van der Waals surface area contributed by atoms with Crippen LogP contribution in [0.25, 0.3) is 0 Å². The van der Waals surface area contributed by atoms with Crippen LogP contribution in [0.15, 0.2) is 21.9 Å². The SMILES string of the molecule is CC(C)[C@@H]1CN(C2CCCC2)C[C@H]1NC(=O)Cn1ccc(=O)[nH]c1=O. The number of likely N-dealkylation sites (tertiary alicyclic amines) is 1. The molecule has 3 rings (SSSR count). The van der Waals surface area contributed by atoms with E-state index in [0.29, 0.717) is 17.9 Å². The molecule has 0 radical (unpaired) electrons. The number of nitrogens with zero attached hydrogens (tertiary/aromatic N) is 2. The third-order valence-electron chi connectivity index (χ3n) is 5.65. The highest BCUT2D eigenvalue weighted by Gasteiger charge is 2.38. The van der Waals surface area contributed by atoms with Crippen LogP contribution in [0.4, 0.5) is 0 Å². The van der Waals surface area contributed by atoms with Gasteiger partial charge in [-0.2, -0.15) is 0 Å². The zero-order chi connectivity index (χ0) is 18.0. The average Bonchev–Trinajstić information content (AvgIpc) is 3.19. The van der Waals surface area contributed by atoms with Gasteiger partial charge in [0.2, 0.25) is 5.91 Å². The molecule has 0 spiro atoms. The van der Waals surface area contributed by atoms with Crippen LogP contribution in [-0.4, -0.2) is 45.5 Å². The van der Waals surface area contributed by atoms with Crippen LogP contribution in [0.1, 0.15) is 39.5 Å². The third kappa shape index (κ3) is 4.21. The van der Waals surface area contributed by atoms with Crippen LogP contribution in [-0.2, 0) is 11.3 Å². The predicted molar refractivity (Wildman–Crippen MR) is 95.4 cm³/mol. The van der Waals surface area contributed by atoms with Gasteiger partial charge in [-0.1, -0.05) is 26.7 Å². The highest BCUT2D eigenvalue weighted by Crippen LogP contribution is 2.31. The number of rotatable bonds is 5. The molecule has 25 heavy (non-hydrogen) atoms. The summed E-state index contributed by atoms with van der Waals surface area (Å²) < 4.78 is 1.23. The van der Waals surface area contributed by atoms with Crippen molar-refractivity contribution >= 4 is 5.91 Å². The van der Waals surface area contributed by atoms with Gasteiger partial charge in [0.05, 0.1) is 0 Å². The molecule has 2 N–H and O–H groups in total. The van der Waals surface area contributed by atoms with Gasteiger partial charge in [-0.3, -0.25) is 24.0 Å². The Morgan fingerprint density at radius 3 is 2.64 bits per heavy atom. The summed E-state index contributed by atoms with van der Waals surface area (Å²) in [5.41, 5.74) is -1.01. The molecule has 0 aromatic carbocycles. The first-order chi connectivity index (χ1) is 11.9. The molecule has 1 saturated heterocycles. The van der Waals surface area contributed by atoms with Crippen molar-refractivity contribution in [3.63, 3.8) is 0 Å². The van der Waals surface area contributed by atoms with Crippen LogP contribution < -0.4 is 16.6 Å². The van der Waals surface area contributed by atoms with Crippen LogP contribution in [0, 0.1) is 11.8 Å². The van der Waals surface area contributed by atoms with Crippen molar-refractivity contribution in [1.29, 1.82) is 0 Å². The van der Waals surface area contributed by atoms with E-state index in [1.165, 1.54) is 42.5 Å². The summed E-state index contributed by atoms with van der Waals surface area (Å²) in [7, 11) is 0. The first-order valence-electron chi connectivity index (χ1n) is 9.27. The summed E-state index contributed by atoms with van der Waals surface area (Å²) in [4.78, 5) is 40.0. The zero-order valence-electron chi connectivity index (χ0n) is 15.0. The molecule has 1 amide bonds. The number of aromatic amines is 1. The highest BCUT2D eigenvalue weighted by molar-refractivity contribution is 5.76. The van der Waals surface area contributed by atoms with E-state index in [0.717, 1.165) is 13.1 Å². The molecule has 2 aliphatic rings. The first-order valence-corrected chi connectivity index (χ1v) is 9.27. The van der Waals surface area contributed by atoms with Gasteiger partial charge in [-0.05, 0) is 24.7 Å². The minimum atomic E-state index is -0.554. The minimum absolute atomic E-state index is 0.0691. The quantitative estimate of drug-likeness (QED) is 0.814. The molecule has 2 heterocycles. The molecule has 7 nitrogen and oxygen atoms in total. The van der Waals surface area contributed by atoms with Crippen molar-refractivity contribution in [2.45, 2.75) is 58.2 Å². The van der Waals surface area contributed by atoms with Crippen molar-refractivity contribution in [3.05, 3.63) is 33.1 Å². The maximum atomic E-state index is 12.4. The molecular formula is C18H28N4O3. The monoisotopic (exact) mass is 348 g/mol. The van der Waals surface area contributed by atoms with Crippen molar-refractivity contribution in [2.75, 3.05) is 13.1 Å². The Bertz CT molecular complexity index is 718. The van der Waals surface area contributed by atoms with E-state index in [2.05, 4.69) is 29.0 Å². The second-order valence-electron chi connectivity index (χ2n) is 7.71. The standard InChI is InChI=1S/C18H28N4O3/c1-12(2)14-9-22(13-5-3-4-6-13)10-15(14)19-17(24)11-21-8-7-16(23)20-18(21)25/h7-8,12-15H,3-6,9-11H2,1-2H3,(H,19,24)(H,20,23,25)/t14-,15+/m0/s1. The number of hydrogen-bond acceptors (Lipinski definition) is 4. The van der Waals surface area contributed by atoms with E-state index in [-0.39, 0.29) is 18.5 Å². The third-order valence-corrected chi connectivity index (χ3v) is 5.65. The maximum Gasteiger partial charge on any atom is 0.328 e. The Kier molecular flexibility index (Phi) is 5.42. The largest absolute Gasteiger partial charge is 0.350 e. The van der Waals surface area contributed by atoms with Gasteiger partial charge in [-0.25, -0.2) is 4.79 Å². The fourth-order valence-electron chi connectivity index (χ4n) is 4.23. The van der Waals surface area contributed by atoms with Crippen molar-refractivity contribution in [3.8, 4) is 0 Å². The smallest absolute Gasteiger partial charge is 0.328 e. The second-order valence-corrected chi connectivity index (χ2v) is 7.71. The second kappa shape index (κ2) is 7.56. The van der Waals surface area contributed by atoms with Gasteiger partial charge in [0.1, 0.15) is 6.54 Å². The number of nitrogens with one attached hydrogen (secondary N) is 2. The van der Waals surface area contributed by atoms with Crippen molar-refractivity contribution in [2.24, 2.45) is 11.8 Å². The summed E-state index contributed by atoms with van der Waals surface area (Å²) in [6.45, 7) is 6.26. The number of carbonyl (C=O) groups is 1. The molecule has 1 aliphatic heterocycles. The summed E-state index contributed by atoms with van der Waals surface area (Å²) in [5.74, 6) is 0.738. The van der Waals surface area contributed by atoms with Gasteiger partial charge in [0.25, 0.3) is 5.56 Å². The Balaban J connectivity index is 1.64.